The van der Waals surface area contributed by atoms with Crippen molar-refractivity contribution in [3.05, 3.63) is 58.4 Å². The maximum absolute atomic E-state index is 10.8. The molecule has 0 saturated carbocycles. The van der Waals surface area contributed by atoms with Crippen LogP contribution >= 0.6 is 0 Å². The number of nitro benzene ring substituents is 1. The number of benzene rings is 1. The van der Waals surface area contributed by atoms with Crippen molar-refractivity contribution in [1.82, 2.24) is 9.97 Å². The van der Waals surface area contributed by atoms with Crippen molar-refractivity contribution >= 4 is 16.7 Å². The minimum Gasteiger partial charge on any atom is -0.495 e. The lowest BCUT2D eigenvalue weighted by atomic mass is 10.2. The molecule has 0 spiro atoms. The van der Waals surface area contributed by atoms with Gasteiger partial charge in [0.2, 0.25) is 0 Å². The number of ether oxygens (including phenoxy) is 2. The van der Waals surface area contributed by atoms with E-state index < -0.39 is 4.92 Å². The summed E-state index contributed by atoms with van der Waals surface area (Å²) in [5, 5.41) is 11.6. The maximum Gasteiger partial charge on any atom is 0.269 e. The Labute approximate surface area is 125 Å². The summed E-state index contributed by atoms with van der Waals surface area (Å²) in [4.78, 5) is 17.6. The number of hydrogen-bond acceptors (Lipinski definition) is 5. The van der Waals surface area contributed by atoms with E-state index >= 15 is 0 Å². The summed E-state index contributed by atoms with van der Waals surface area (Å²) in [6, 6.07) is 8.18. The molecule has 0 aliphatic heterocycles. The van der Waals surface area contributed by atoms with E-state index in [0.29, 0.717) is 17.1 Å². The van der Waals surface area contributed by atoms with E-state index in [2.05, 4.69) is 9.97 Å². The van der Waals surface area contributed by atoms with Gasteiger partial charge < -0.3 is 14.5 Å². The second-order valence-corrected chi connectivity index (χ2v) is 4.64. The van der Waals surface area contributed by atoms with Crippen molar-refractivity contribution in [3.63, 3.8) is 0 Å². The molecular formula is C15H13N3O4. The molecule has 3 rings (SSSR count). The Balaban J connectivity index is 1.82. The van der Waals surface area contributed by atoms with Gasteiger partial charge in [0, 0.05) is 18.3 Å². The molecule has 0 aliphatic carbocycles. The summed E-state index contributed by atoms with van der Waals surface area (Å²) < 4.78 is 10.9. The SMILES string of the molecule is COc1cnc2[nH]cc(OCc3cccc([N+](=O)[O-])c3)c2c1. The number of nitrogens with one attached hydrogen (secondary N) is 1. The molecule has 1 N–H and O–H groups in total. The number of nitro groups is 1. The third-order valence-corrected chi connectivity index (χ3v) is 3.22. The van der Waals surface area contributed by atoms with Crippen LogP contribution in [0.15, 0.2) is 42.7 Å². The van der Waals surface area contributed by atoms with E-state index in [1.165, 1.54) is 12.1 Å². The lowest BCUT2D eigenvalue weighted by Gasteiger charge is -2.05. The van der Waals surface area contributed by atoms with Gasteiger partial charge in [-0.2, -0.15) is 0 Å². The fourth-order valence-corrected chi connectivity index (χ4v) is 2.11. The topological polar surface area (TPSA) is 90.3 Å². The average Bonchev–Trinajstić information content (AvgIpc) is 2.95. The molecule has 1 aromatic carbocycles. The van der Waals surface area contributed by atoms with Gasteiger partial charge in [-0.05, 0) is 11.6 Å². The van der Waals surface area contributed by atoms with Gasteiger partial charge in [-0.1, -0.05) is 12.1 Å². The zero-order valence-electron chi connectivity index (χ0n) is 11.8. The largest absolute Gasteiger partial charge is 0.495 e. The van der Waals surface area contributed by atoms with Gasteiger partial charge in [0.1, 0.15) is 23.8 Å². The molecule has 7 heteroatoms. The monoisotopic (exact) mass is 299 g/mol. The summed E-state index contributed by atoms with van der Waals surface area (Å²) in [5.74, 6) is 1.25. The quantitative estimate of drug-likeness (QED) is 0.577. The molecule has 0 saturated heterocycles. The molecule has 7 nitrogen and oxygen atoms in total. The van der Waals surface area contributed by atoms with E-state index in [4.69, 9.17) is 9.47 Å². The van der Waals surface area contributed by atoms with Gasteiger partial charge in [-0.25, -0.2) is 4.98 Å². The Bertz CT molecular complexity index is 829. The van der Waals surface area contributed by atoms with Gasteiger partial charge in [0.05, 0.1) is 23.6 Å². The zero-order valence-corrected chi connectivity index (χ0v) is 11.8. The van der Waals surface area contributed by atoms with Crippen LogP contribution in [-0.2, 0) is 6.61 Å². The van der Waals surface area contributed by atoms with Gasteiger partial charge in [-0.15, -0.1) is 0 Å². The van der Waals surface area contributed by atoms with Crippen LogP contribution in [0.5, 0.6) is 11.5 Å². The van der Waals surface area contributed by atoms with E-state index in [-0.39, 0.29) is 12.3 Å². The molecule has 0 aliphatic rings. The molecule has 0 fully saturated rings. The number of rotatable bonds is 5. The average molecular weight is 299 g/mol. The van der Waals surface area contributed by atoms with Crippen LogP contribution in [0.4, 0.5) is 5.69 Å². The van der Waals surface area contributed by atoms with Crippen molar-refractivity contribution in [2.75, 3.05) is 7.11 Å². The fourth-order valence-electron chi connectivity index (χ4n) is 2.11. The number of non-ortho nitro benzene ring substituents is 1. The van der Waals surface area contributed by atoms with Gasteiger partial charge in [-0.3, -0.25) is 10.1 Å². The fraction of sp³-hybridized carbons (Fsp3) is 0.133. The number of hydrogen-bond donors (Lipinski definition) is 1. The minimum atomic E-state index is -0.427. The van der Waals surface area contributed by atoms with Crippen LogP contribution in [0.3, 0.4) is 0 Å². The summed E-state index contributed by atoms with van der Waals surface area (Å²) >= 11 is 0. The van der Waals surface area contributed by atoms with E-state index in [1.54, 1.807) is 31.6 Å². The number of pyridine rings is 1. The van der Waals surface area contributed by atoms with Crippen molar-refractivity contribution in [2.24, 2.45) is 0 Å². The molecule has 0 amide bonds. The zero-order chi connectivity index (χ0) is 15.5. The normalized spacial score (nSPS) is 10.6. The molecule has 2 heterocycles. The first-order chi connectivity index (χ1) is 10.7. The molecule has 0 bridgehead atoms. The van der Waals surface area contributed by atoms with Gasteiger partial charge in [0.25, 0.3) is 5.69 Å². The third kappa shape index (κ3) is 2.69. The minimum absolute atomic E-state index is 0.0448. The van der Waals surface area contributed by atoms with E-state index in [0.717, 1.165) is 10.9 Å². The Morgan fingerprint density at radius 1 is 1.36 bits per heavy atom. The summed E-state index contributed by atoms with van der Waals surface area (Å²) in [6.45, 7) is 0.228. The first kappa shape index (κ1) is 13.9. The highest BCUT2D eigenvalue weighted by Gasteiger charge is 2.09. The number of methoxy groups -OCH3 is 1. The molecule has 0 atom stereocenters. The second kappa shape index (κ2) is 5.72. The number of H-pyrrole nitrogens is 1. The van der Waals surface area contributed by atoms with Crippen LogP contribution in [0.1, 0.15) is 5.56 Å². The second-order valence-electron chi connectivity index (χ2n) is 4.64. The third-order valence-electron chi connectivity index (χ3n) is 3.22. The summed E-state index contributed by atoms with van der Waals surface area (Å²) in [6.07, 6.45) is 3.32. The Hall–Kier alpha value is -3.09. The Morgan fingerprint density at radius 3 is 3.00 bits per heavy atom. The first-order valence-corrected chi connectivity index (χ1v) is 6.54. The van der Waals surface area contributed by atoms with Crippen molar-refractivity contribution in [2.45, 2.75) is 6.61 Å². The van der Waals surface area contributed by atoms with E-state index in [9.17, 15) is 10.1 Å². The Kier molecular flexibility index (Phi) is 3.61. The van der Waals surface area contributed by atoms with Crippen LogP contribution in [0.25, 0.3) is 11.0 Å². The van der Waals surface area contributed by atoms with Crippen LogP contribution < -0.4 is 9.47 Å². The summed E-state index contributed by atoms with van der Waals surface area (Å²) in [7, 11) is 1.57. The standard InChI is InChI=1S/C15H13N3O4/c1-21-12-6-13-14(8-17-15(13)16-7-12)22-9-10-3-2-4-11(5-10)18(19)20/h2-8H,9H2,1H3,(H,16,17). The number of aromatic nitrogens is 2. The molecular weight excluding hydrogens is 286 g/mol. The highest BCUT2D eigenvalue weighted by molar-refractivity contribution is 5.84. The lowest BCUT2D eigenvalue weighted by molar-refractivity contribution is -0.384. The molecule has 2 aromatic heterocycles. The first-order valence-electron chi connectivity index (χ1n) is 6.54. The van der Waals surface area contributed by atoms with E-state index in [1.807, 2.05) is 6.07 Å². The number of fused-ring (bicyclic) bond motifs is 1. The molecule has 22 heavy (non-hydrogen) atoms. The predicted molar refractivity (Wildman–Crippen MR) is 80.1 cm³/mol. The summed E-state index contributed by atoms with van der Waals surface area (Å²) in [5.41, 5.74) is 1.46. The number of aromatic amines is 1. The van der Waals surface area contributed by atoms with Crippen molar-refractivity contribution in [3.8, 4) is 11.5 Å². The van der Waals surface area contributed by atoms with Gasteiger partial charge >= 0.3 is 0 Å². The smallest absolute Gasteiger partial charge is 0.269 e. The highest BCUT2D eigenvalue weighted by Crippen LogP contribution is 2.28. The molecule has 112 valence electrons. The lowest BCUT2D eigenvalue weighted by Crippen LogP contribution is -1.96. The van der Waals surface area contributed by atoms with Crippen LogP contribution in [-0.4, -0.2) is 22.0 Å². The molecule has 3 aromatic rings. The molecule has 0 unspecified atom stereocenters. The predicted octanol–water partition coefficient (Wildman–Crippen LogP) is 3.06. The van der Waals surface area contributed by atoms with Crippen molar-refractivity contribution in [1.29, 1.82) is 0 Å². The van der Waals surface area contributed by atoms with Crippen LogP contribution in [0, 0.1) is 10.1 Å². The van der Waals surface area contributed by atoms with Crippen LogP contribution in [0.2, 0.25) is 0 Å². The van der Waals surface area contributed by atoms with Crippen molar-refractivity contribution < 1.29 is 14.4 Å². The Morgan fingerprint density at radius 2 is 2.23 bits per heavy atom. The van der Waals surface area contributed by atoms with Gasteiger partial charge in [0.15, 0.2) is 0 Å². The molecule has 0 radical (unpaired) electrons. The highest BCUT2D eigenvalue weighted by atomic mass is 16.6. The number of nitrogens with zero attached hydrogens (tertiary/aromatic N) is 2. The maximum atomic E-state index is 10.8.